The number of hydrogen-bond donors (Lipinski definition) is 0. The molecule has 0 radical (unpaired) electrons. The Labute approximate surface area is 221 Å². The van der Waals surface area contributed by atoms with Gasteiger partial charge in [-0.2, -0.15) is 0 Å². The lowest BCUT2D eigenvalue weighted by molar-refractivity contribution is 0.0592. The van der Waals surface area contributed by atoms with Crippen LogP contribution in [0, 0.1) is 0 Å². The summed E-state index contributed by atoms with van der Waals surface area (Å²) >= 11 is 0. The lowest BCUT2D eigenvalue weighted by Crippen LogP contribution is -2.00. The van der Waals surface area contributed by atoms with Crippen LogP contribution in [0.4, 0.5) is 0 Å². The van der Waals surface area contributed by atoms with Crippen molar-refractivity contribution >= 4 is 11.9 Å². The van der Waals surface area contributed by atoms with Gasteiger partial charge in [0.25, 0.3) is 0 Å². The van der Waals surface area contributed by atoms with Gasteiger partial charge in [-0.05, 0) is 94.0 Å². The summed E-state index contributed by atoms with van der Waals surface area (Å²) in [7, 11) is 2.74. The first-order chi connectivity index (χ1) is 18.6. The second-order valence-corrected chi connectivity index (χ2v) is 8.73. The Hall–Kier alpha value is -5.03. The first kappa shape index (κ1) is 24.7. The number of carbonyl (C=O) groups is 2. The predicted molar refractivity (Wildman–Crippen MR) is 149 cm³/mol. The van der Waals surface area contributed by atoms with Gasteiger partial charge in [-0.15, -0.1) is 0 Å². The number of pyridine rings is 1. The Morgan fingerprint density at radius 2 is 0.974 bits per heavy atom. The molecule has 0 atom stereocenters. The normalized spacial score (nSPS) is 10.6. The molecule has 38 heavy (non-hydrogen) atoms. The van der Waals surface area contributed by atoms with E-state index in [-0.39, 0.29) is 11.9 Å². The number of nitrogens with zero attached hydrogens (tertiary/aromatic N) is 1. The molecule has 0 bridgehead atoms. The van der Waals surface area contributed by atoms with Crippen LogP contribution in [-0.2, 0) is 9.47 Å². The van der Waals surface area contributed by atoms with Crippen molar-refractivity contribution in [1.29, 1.82) is 0 Å². The second-order valence-electron chi connectivity index (χ2n) is 8.73. The van der Waals surface area contributed by atoms with Gasteiger partial charge in [0.1, 0.15) is 0 Å². The molecule has 1 heterocycles. The van der Waals surface area contributed by atoms with Crippen LogP contribution in [0.5, 0.6) is 0 Å². The van der Waals surface area contributed by atoms with Crippen molar-refractivity contribution in [2.45, 2.75) is 0 Å². The molecule has 4 aromatic carbocycles. The topological polar surface area (TPSA) is 65.5 Å². The van der Waals surface area contributed by atoms with Crippen molar-refractivity contribution in [3.8, 4) is 44.6 Å². The third-order valence-electron chi connectivity index (χ3n) is 6.37. The molecule has 186 valence electrons. The summed E-state index contributed by atoms with van der Waals surface area (Å²) in [5.74, 6) is -0.744. The van der Waals surface area contributed by atoms with Gasteiger partial charge in [0.15, 0.2) is 0 Å². The lowest BCUT2D eigenvalue weighted by Gasteiger charge is -2.13. The summed E-state index contributed by atoms with van der Waals surface area (Å²) in [6.45, 7) is 0. The number of methoxy groups -OCH3 is 2. The van der Waals surface area contributed by atoms with E-state index in [4.69, 9.17) is 9.47 Å². The summed E-state index contributed by atoms with van der Waals surface area (Å²) in [6.07, 6.45) is 1.79. The fourth-order valence-corrected chi connectivity index (χ4v) is 4.35. The molecule has 0 saturated carbocycles. The fraction of sp³-hybridized carbons (Fsp3) is 0.0606. The number of carbonyl (C=O) groups excluding carboxylic acids is 2. The van der Waals surface area contributed by atoms with E-state index >= 15 is 0 Å². The van der Waals surface area contributed by atoms with Crippen molar-refractivity contribution in [1.82, 2.24) is 4.98 Å². The first-order valence-corrected chi connectivity index (χ1v) is 12.1. The first-order valence-electron chi connectivity index (χ1n) is 12.1. The van der Waals surface area contributed by atoms with Gasteiger partial charge in [-0.1, -0.05) is 48.5 Å². The highest BCUT2D eigenvalue weighted by atomic mass is 16.5. The molecule has 0 aliphatic heterocycles. The summed E-state index contributed by atoms with van der Waals surface area (Å²) in [6, 6.07) is 35.3. The molecule has 5 aromatic rings. The molecular weight excluding hydrogens is 474 g/mol. The molecule has 0 fully saturated rings. The van der Waals surface area contributed by atoms with E-state index < -0.39 is 0 Å². The van der Waals surface area contributed by atoms with Crippen molar-refractivity contribution in [2.75, 3.05) is 14.2 Å². The van der Waals surface area contributed by atoms with E-state index in [1.54, 1.807) is 30.5 Å². The van der Waals surface area contributed by atoms with E-state index in [0.29, 0.717) is 11.1 Å². The fourth-order valence-electron chi connectivity index (χ4n) is 4.35. The van der Waals surface area contributed by atoms with Crippen molar-refractivity contribution < 1.29 is 19.1 Å². The monoisotopic (exact) mass is 499 g/mol. The largest absolute Gasteiger partial charge is 0.465 e. The van der Waals surface area contributed by atoms with Gasteiger partial charge in [0, 0.05) is 11.8 Å². The van der Waals surface area contributed by atoms with Gasteiger partial charge in [-0.25, -0.2) is 9.59 Å². The molecule has 5 heteroatoms. The molecule has 0 unspecified atom stereocenters. The molecule has 0 aliphatic carbocycles. The van der Waals surface area contributed by atoms with Crippen LogP contribution in [0.3, 0.4) is 0 Å². The second kappa shape index (κ2) is 10.9. The summed E-state index contributed by atoms with van der Waals surface area (Å²) in [4.78, 5) is 28.3. The van der Waals surface area contributed by atoms with Gasteiger partial charge < -0.3 is 9.47 Å². The average molecular weight is 500 g/mol. The Morgan fingerprint density at radius 1 is 0.500 bits per heavy atom. The maximum Gasteiger partial charge on any atom is 0.337 e. The minimum Gasteiger partial charge on any atom is -0.465 e. The highest BCUT2D eigenvalue weighted by molar-refractivity contribution is 5.91. The predicted octanol–water partition coefficient (Wildman–Crippen LogP) is 7.32. The minimum atomic E-state index is -0.372. The maximum atomic E-state index is 11.9. The van der Waals surface area contributed by atoms with E-state index in [1.807, 2.05) is 54.6 Å². The summed E-state index contributed by atoms with van der Waals surface area (Å²) in [5, 5.41) is 0. The number of benzene rings is 4. The van der Waals surface area contributed by atoms with Gasteiger partial charge >= 0.3 is 11.9 Å². The van der Waals surface area contributed by atoms with Crippen LogP contribution in [0.1, 0.15) is 20.7 Å². The SMILES string of the molecule is COC(=O)c1ccc(-c2cc(-c3ccc(C(=O)OC)cc3)cc(-c3cccc(-c4ccccn4)c3)c2)cc1. The Kier molecular flexibility index (Phi) is 7.09. The Balaban J connectivity index is 1.62. The van der Waals surface area contributed by atoms with Crippen LogP contribution in [0.2, 0.25) is 0 Å². The Morgan fingerprint density at radius 3 is 1.45 bits per heavy atom. The molecule has 5 rings (SSSR count). The van der Waals surface area contributed by atoms with Gasteiger partial charge in [0.05, 0.1) is 31.0 Å². The van der Waals surface area contributed by atoms with E-state index in [0.717, 1.165) is 44.6 Å². The zero-order valence-corrected chi connectivity index (χ0v) is 21.0. The van der Waals surface area contributed by atoms with Crippen molar-refractivity contribution in [3.05, 3.63) is 127 Å². The number of rotatable bonds is 6. The van der Waals surface area contributed by atoms with Crippen LogP contribution in [0.15, 0.2) is 115 Å². The number of hydrogen-bond acceptors (Lipinski definition) is 5. The lowest BCUT2D eigenvalue weighted by atomic mass is 9.92. The molecule has 5 nitrogen and oxygen atoms in total. The van der Waals surface area contributed by atoms with Crippen LogP contribution in [-0.4, -0.2) is 31.1 Å². The molecule has 0 amide bonds. The van der Waals surface area contributed by atoms with Crippen LogP contribution >= 0.6 is 0 Å². The maximum absolute atomic E-state index is 11.9. The minimum absolute atomic E-state index is 0.372. The third-order valence-corrected chi connectivity index (χ3v) is 6.37. The highest BCUT2D eigenvalue weighted by Crippen LogP contribution is 2.34. The summed E-state index contributed by atoms with van der Waals surface area (Å²) in [5.41, 5.74) is 8.92. The molecule has 0 saturated heterocycles. The van der Waals surface area contributed by atoms with Crippen molar-refractivity contribution in [2.24, 2.45) is 0 Å². The molecular formula is C33H25NO4. The van der Waals surface area contributed by atoms with E-state index in [2.05, 4.69) is 35.3 Å². The zero-order valence-electron chi connectivity index (χ0n) is 21.0. The number of ether oxygens (including phenoxy) is 2. The average Bonchev–Trinajstić information content (AvgIpc) is 3.00. The van der Waals surface area contributed by atoms with Gasteiger partial charge in [0.2, 0.25) is 0 Å². The van der Waals surface area contributed by atoms with Gasteiger partial charge in [-0.3, -0.25) is 4.98 Å². The van der Waals surface area contributed by atoms with Crippen molar-refractivity contribution in [3.63, 3.8) is 0 Å². The molecule has 1 aromatic heterocycles. The summed E-state index contributed by atoms with van der Waals surface area (Å²) < 4.78 is 9.68. The van der Waals surface area contributed by atoms with E-state index in [1.165, 1.54) is 14.2 Å². The highest BCUT2D eigenvalue weighted by Gasteiger charge is 2.12. The quantitative estimate of drug-likeness (QED) is 0.229. The molecule has 0 aliphatic rings. The number of esters is 2. The zero-order chi connectivity index (χ0) is 26.5. The third kappa shape index (κ3) is 5.22. The van der Waals surface area contributed by atoms with Crippen LogP contribution < -0.4 is 0 Å². The van der Waals surface area contributed by atoms with Crippen LogP contribution in [0.25, 0.3) is 44.6 Å². The Bertz CT molecular complexity index is 1510. The molecule has 0 N–H and O–H groups in total. The molecule has 0 spiro atoms. The standard InChI is InChI=1S/C33H25NO4/c1-37-32(35)24-13-9-22(10-14-24)28-19-29(23-11-15-25(16-12-23)33(36)38-2)21-30(20-28)26-6-5-7-27(18-26)31-8-3-4-17-34-31/h3-21H,1-2H3. The number of aromatic nitrogens is 1. The smallest absolute Gasteiger partial charge is 0.337 e. The van der Waals surface area contributed by atoms with E-state index in [9.17, 15) is 9.59 Å².